The summed E-state index contributed by atoms with van der Waals surface area (Å²) >= 11 is 0. The lowest BCUT2D eigenvalue weighted by Gasteiger charge is -2.20. The van der Waals surface area contributed by atoms with Gasteiger partial charge < -0.3 is 5.73 Å². The van der Waals surface area contributed by atoms with Crippen LogP contribution < -0.4 is 5.73 Å². The fourth-order valence-corrected chi connectivity index (χ4v) is 4.14. The maximum Gasteiger partial charge on any atom is 0.208 e. The number of pyridine rings is 1. The molecule has 1 heterocycles. The first-order chi connectivity index (χ1) is 11.9. The highest BCUT2D eigenvalue weighted by molar-refractivity contribution is 7.91. The first-order valence-corrected chi connectivity index (χ1v) is 9.88. The van der Waals surface area contributed by atoms with Gasteiger partial charge in [-0.15, -0.1) is 0 Å². The van der Waals surface area contributed by atoms with Crippen LogP contribution >= 0.6 is 0 Å². The largest absolute Gasteiger partial charge is 0.324 e. The second-order valence-electron chi connectivity index (χ2n) is 6.32. The molecule has 0 aliphatic heterocycles. The van der Waals surface area contributed by atoms with Gasteiger partial charge in [-0.1, -0.05) is 56.7 Å². The predicted molar refractivity (Wildman–Crippen MR) is 100 cm³/mol. The van der Waals surface area contributed by atoms with Gasteiger partial charge in [0.2, 0.25) is 9.84 Å². The molecule has 0 spiro atoms. The van der Waals surface area contributed by atoms with Crippen molar-refractivity contribution >= 4 is 20.7 Å². The molecule has 0 saturated carbocycles. The Bertz CT molecular complexity index is 985. The maximum absolute atomic E-state index is 12.8. The summed E-state index contributed by atoms with van der Waals surface area (Å²) in [5, 5.41) is 0.785. The van der Waals surface area contributed by atoms with Gasteiger partial charge >= 0.3 is 0 Å². The summed E-state index contributed by atoms with van der Waals surface area (Å²) in [6.45, 7) is 4.21. The van der Waals surface area contributed by atoms with E-state index in [-0.39, 0.29) is 15.8 Å². The molecule has 3 rings (SSSR count). The van der Waals surface area contributed by atoms with Crippen LogP contribution in [0.1, 0.15) is 31.9 Å². The van der Waals surface area contributed by atoms with E-state index in [9.17, 15) is 8.42 Å². The Kier molecular flexibility index (Phi) is 4.88. The molecule has 2 aromatic carbocycles. The van der Waals surface area contributed by atoms with E-state index in [2.05, 4.69) is 18.8 Å². The molecule has 2 unspecified atom stereocenters. The van der Waals surface area contributed by atoms with Gasteiger partial charge in [-0.05, 0) is 29.7 Å². The normalized spacial score (nSPS) is 14.4. The van der Waals surface area contributed by atoms with E-state index in [1.54, 1.807) is 36.4 Å². The van der Waals surface area contributed by atoms with Crippen molar-refractivity contribution < 1.29 is 8.42 Å². The number of nitrogens with zero attached hydrogens (tertiary/aromatic N) is 1. The lowest BCUT2D eigenvalue weighted by Crippen LogP contribution is -2.19. The van der Waals surface area contributed by atoms with Crippen molar-refractivity contribution in [1.82, 2.24) is 4.98 Å². The highest BCUT2D eigenvalue weighted by atomic mass is 32.2. The average molecular weight is 354 g/mol. The van der Waals surface area contributed by atoms with Gasteiger partial charge in [0.1, 0.15) is 0 Å². The third-order valence-electron chi connectivity index (χ3n) is 4.70. The highest BCUT2D eigenvalue weighted by Gasteiger charge is 2.20. The summed E-state index contributed by atoms with van der Waals surface area (Å²) in [6, 6.07) is 15.7. The minimum absolute atomic E-state index is 0.127. The van der Waals surface area contributed by atoms with Crippen LogP contribution in [0.4, 0.5) is 0 Å². The number of hydrogen-bond acceptors (Lipinski definition) is 4. The SMILES string of the molecule is CCC(C)C(N)c1cccc2cc(S(=O)(=O)c3ccccc3)cnc12. The molecule has 1 aromatic heterocycles. The summed E-state index contributed by atoms with van der Waals surface area (Å²) in [5.74, 6) is 0.320. The molecule has 2 N–H and O–H groups in total. The molecule has 0 aliphatic carbocycles. The Labute approximate surface area is 148 Å². The van der Waals surface area contributed by atoms with Crippen LogP contribution in [0.2, 0.25) is 0 Å². The van der Waals surface area contributed by atoms with Crippen molar-refractivity contribution in [2.45, 2.75) is 36.1 Å². The molecule has 0 aliphatic rings. The van der Waals surface area contributed by atoms with Gasteiger partial charge in [-0.3, -0.25) is 4.98 Å². The summed E-state index contributed by atoms with van der Waals surface area (Å²) in [7, 11) is -3.58. The number of nitrogens with two attached hydrogens (primary N) is 1. The summed E-state index contributed by atoms with van der Waals surface area (Å²) < 4.78 is 25.6. The van der Waals surface area contributed by atoms with E-state index in [0.29, 0.717) is 5.92 Å². The smallest absolute Gasteiger partial charge is 0.208 e. The number of benzene rings is 2. The van der Waals surface area contributed by atoms with Crippen molar-refractivity contribution in [1.29, 1.82) is 0 Å². The fraction of sp³-hybridized carbons (Fsp3) is 0.250. The molecule has 0 fully saturated rings. The monoisotopic (exact) mass is 354 g/mol. The van der Waals surface area contributed by atoms with Crippen molar-refractivity contribution in [2.24, 2.45) is 11.7 Å². The minimum Gasteiger partial charge on any atom is -0.324 e. The second-order valence-corrected chi connectivity index (χ2v) is 8.27. The molecule has 0 radical (unpaired) electrons. The van der Waals surface area contributed by atoms with Crippen LogP contribution in [0.3, 0.4) is 0 Å². The Balaban J connectivity index is 2.11. The van der Waals surface area contributed by atoms with Crippen LogP contribution in [0.25, 0.3) is 10.9 Å². The van der Waals surface area contributed by atoms with E-state index < -0.39 is 9.84 Å². The second kappa shape index (κ2) is 6.94. The van der Waals surface area contributed by atoms with Gasteiger partial charge in [-0.2, -0.15) is 0 Å². The van der Waals surface area contributed by atoms with E-state index in [4.69, 9.17) is 5.73 Å². The quantitative estimate of drug-likeness (QED) is 0.748. The van der Waals surface area contributed by atoms with E-state index in [1.807, 2.05) is 18.2 Å². The number of fused-ring (bicyclic) bond motifs is 1. The highest BCUT2D eigenvalue weighted by Crippen LogP contribution is 2.29. The maximum atomic E-state index is 12.8. The molecule has 3 aromatic rings. The van der Waals surface area contributed by atoms with Crippen molar-refractivity contribution in [3.63, 3.8) is 0 Å². The summed E-state index contributed by atoms with van der Waals surface area (Å²) in [6.07, 6.45) is 2.40. The van der Waals surface area contributed by atoms with Crippen LogP contribution in [-0.4, -0.2) is 13.4 Å². The van der Waals surface area contributed by atoms with Crippen molar-refractivity contribution in [3.8, 4) is 0 Å². The Morgan fingerprint density at radius 1 is 1.04 bits per heavy atom. The average Bonchev–Trinajstić information content (AvgIpc) is 2.66. The molecular formula is C20H22N2O2S. The van der Waals surface area contributed by atoms with Gasteiger partial charge in [0.25, 0.3) is 0 Å². The molecular weight excluding hydrogens is 332 g/mol. The van der Waals surface area contributed by atoms with Gasteiger partial charge in [0, 0.05) is 17.6 Å². The first-order valence-electron chi connectivity index (χ1n) is 8.39. The molecule has 130 valence electrons. The van der Waals surface area contributed by atoms with Gasteiger partial charge in [0.05, 0.1) is 15.3 Å². The molecule has 25 heavy (non-hydrogen) atoms. The van der Waals surface area contributed by atoms with Crippen LogP contribution in [-0.2, 0) is 9.84 Å². The zero-order valence-corrected chi connectivity index (χ0v) is 15.2. The minimum atomic E-state index is -3.58. The molecule has 4 nitrogen and oxygen atoms in total. The fourth-order valence-electron chi connectivity index (χ4n) is 2.88. The van der Waals surface area contributed by atoms with Crippen molar-refractivity contribution in [3.05, 3.63) is 66.4 Å². The zero-order chi connectivity index (χ0) is 18.0. The number of hydrogen-bond donors (Lipinski definition) is 1. The van der Waals surface area contributed by atoms with Crippen LogP contribution in [0, 0.1) is 5.92 Å². The Hall–Kier alpha value is -2.24. The zero-order valence-electron chi connectivity index (χ0n) is 14.4. The topological polar surface area (TPSA) is 73.1 Å². The third kappa shape index (κ3) is 3.30. The lowest BCUT2D eigenvalue weighted by molar-refractivity contribution is 0.458. The Morgan fingerprint density at radius 2 is 1.76 bits per heavy atom. The molecule has 5 heteroatoms. The number of rotatable bonds is 5. The molecule has 0 bridgehead atoms. The van der Waals surface area contributed by atoms with E-state index in [1.165, 1.54) is 6.20 Å². The first kappa shape index (κ1) is 17.6. The standard InChI is InChI=1S/C20H22N2O2S/c1-3-14(2)19(21)18-11-7-8-15-12-17(13-22-20(15)18)25(23,24)16-9-5-4-6-10-16/h4-14,19H,3,21H2,1-2H3. The Morgan fingerprint density at radius 3 is 2.44 bits per heavy atom. The van der Waals surface area contributed by atoms with E-state index in [0.717, 1.165) is 22.9 Å². The molecule has 0 amide bonds. The number of aromatic nitrogens is 1. The molecule has 2 atom stereocenters. The predicted octanol–water partition coefficient (Wildman–Crippen LogP) is 4.11. The van der Waals surface area contributed by atoms with Gasteiger partial charge in [0.15, 0.2) is 0 Å². The number of para-hydroxylation sites is 1. The van der Waals surface area contributed by atoms with Crippen LogP contribution in [0.5, 0.6) is 0 Å². The van der Waals surface area contributed by atoms with Gasteiger partial charge in [-0.25, -0.2) is 8.42 Å². The van der Waals surface area contributed by atoms with Crippen molar-refractivity contribution in [2.75, 3.05) is 0 Å². The van der Waals surface area contributed by atoms with E-state index >= 15 is 0 Å². The molecule has 0 saturated heterocycles. The lowest BCUT2D eigenvalue weighted by atomic mass is 9.92. The summed E-state index contributed by atoms with van der Waals surface area (Å²) in [5.41, 5.74) is 8.09. The number of sulfone groups is 1. The summed E-state index contributed by atoms with van der Waals surface area (Å²) in [4.78, 5) is 4.91. The third-order valence-corrected chi connectivity index (χ3v) is 6.43. The van der Waals surface area contributed by atoms with Crippen LogP contribution in [0.15, 0.2) is 70.6 Å².